The number of aromatic nitrogens is 3. The minimum absolute atomic E-state index is 0.283. The van der Waals surface area contributed by atoms with E-state index < -0.39 is 10.0 Å². The van der Waals surface area contributed by atoms with Crippen LogP contribution in [0.4, 0.5) is 16.0 Å². The molecule has 0 unspecified atom stereocenters. The fraction of sp³-hybridized carbons (Fsp3) is 0.308. The first-order valence-corrected chi connectivity index (χ1v) is 13.6. The minimum Gasteiger partial charge on any atom is -0.344 e. The van der Waals surface area contributed by atoms with Crippen molar-refractivity contribution in [2.45, 2.75) is 32.2 Å². The largest absolute Gasteiger partial charge is 0.344 e. The van der Waals surface area contributed by atoms with Crippen molar-refractivity contribution in [2.24, 2.45) is 0 Å². The second kappa shape index (κ2) is 9.30. The van der Waals surface area contributed by atoms with Crippen molar-refractivity contribution in [1.82, 2.24) is 14.5 Å². The molecule has 2 aromatic heterocycles. The summed E-state index contributed by atoms with van der Waals surface area (Å²) < 4.78 is 42.6. The molecule has 182 valence electrons. The molecule has 1 aliphatic rings. The highest BCUT2D eigenvalue weighted by atomic mass is 32.2. The van der Waals surface area contributed by atoms with Crippen LogP contribution in [0, 0.1) is 5.82 Å². The van der Waals surface area contributed by atoms with Crippen molar-refractivity contribution in [2.75, 3.05) is 29.0 Å². The number of piperidine rings is 1. The van der Waals surface area contributed by atoms with Crippen LogP contribution >= 0.6 is 0 Å². The van der Waals surface area contributed by atoms with Crippen molar-refractivity contribution < 1.29 is 12.8 Å². The third kappa shape index (κ3) is 5.00. The highest BCUT2D eigenvalue weighted by molar-refractivity contribution is 7.92. The van der Waals surface area contributed by atoms with E-state index in [1.54, 1.807) is 30.3 Å². The average Bonchev–Trinajstić information content (AvgIpc) is 3.26. The Bertz CT molecular complexity index is 1440. The average molecular weight is 494 g/mol. The number of fused-ring (bicyclic) bond motifs is 1. The highest BCUT2D eigenvalue weighted by Crippen LogP contribution is 2.33. The van der Waals surface area contributed by atoms with E-state index >= 15 is 4.39 Å². The van der Waals surface area contributed by atoms with E-state index in [0.717, 1.165) is 61.0 Å². The van der Waals surface area contributed by atoms with Crippen LogP contribution in [0.15, 0.2) is 61.1 Å². The lowest BCUT2D eigenvalue weighted by Crippen LogP contribution is -2.35. The van der Waals surface area contributed by atoms with Gasteiger partial charge in [-0.15, -0.1) is 0 Å². The SMILES string of the molecule is CCc1cnc(N2CCC(n3ccc4cc(-c5ccc(NS(C)(=O)=O)cc5)c(F)cc43)CC2)nc1. The maximum Gasteiger partial charge on any atom is 0.229 e. The molecule has 7 nitrogen and oxygen atoms in total. The molecule has 0 radical (unpaired) electrons. The summed E-state index contributed by atoms with van der Waals surface area (Å²) in [5.74, 6) is 0.467. The first kappa shape index (κ1) is 23.3. The first-order valence-electron chi connectivity index (χ1n) is 11.7. The number of halogens is 1. The second-order valence-corrected chi connectivity index (χ2v) is 10.8. The van der Waals surface area contributed by atoms with Crippen LogP contribution in [0.25, 0.3) is 22.0 Å². The topological polar surface area (TPSA) is 80.1 Å². The fourth-order valence-corrected chi connectivity index (χ4v) is 5.25. The Balaban J connectivity index is 1.33. The molecule has 1 aliphatic heterocycles. The molecule has 0 atom stereocenters. The van der Waals surface area contributed by atoms with Crippen molar-refractivity contribution in [3.63, 3.8) is 0 Å². The normalized spacial score (nSPS) is 15.0. The number of nitrogens with zero attached hydrogens (tertiary/aromatic N) is 4. The lowest BCUT2D eigenvalue weighted by atomic mass is 10.0. The number of anilines is 2. The van der Waals surface area contributed by atoms with E-state index in [-0.39, 0.29) is 11.9 Å². The molecule has 0 aliphatic carbocycles. The van der Waals surface area contributed by atoms with Crippen LogP contribution in [-0.4, -0.2) is 42.3 Å². The van der Waals surface area contributed by atoms with Gasteiger partial charge in [0.1, 0.15) is 5.82 Å². The van der Waals surface area contributed by atoms with Gasteiger partial charge in [-0.1, -0.05) is 19.1 Å². The second-order valence-electron chi connectivity index (χ2n) is 9.03. The number of sulfonamides is 1. The molecule has 0 bridgehead atoms. The number of rotatable bonds is 6. The van der Waals surface area contributed by atoms with Gasteiger partial charge in [-0.05, 0) is 60.7 Å². The molecule has 0 saturated carbocycles. The third-order valence-electron chi connectivity index (χ3n) is 6.55. The van der Waals surface area contributed by atoms with Crippen LogP contribution in [0.5, 0.6) is 0 Å². The number of hydrogen-bond acceptors (Lipinski definition) is 5. The Labute approximate surface area is 204 Å². The monoisotopic (exact) mass is 493 g/mol. The van der Waals surface area contributed by atoms with Gasteiger partial charge >= 0.3 is 0 Å². The molecule has 35 heavy (non-hydrogen) atoms. The Morgan fingerprint density at radius 1 is 1.06 bits per heavy atom. The van der Waals surface area contributed by atoms with Crippen molar-refractivity contribution in [3.05, 3.63) is 72.4 Å². The quantitative estimate of drug-likeness (QED) is 0.408. The van der Waals surface area contributed by atoms with Crippen molar-refractivity contribution in [3.8, 4) is 11.1 Å². The minimum atomic E-state index is -3.36. The van der Waals surface area contributed by atoms with E-state index in [0.29, 0.717) is 16.8 Å². The van der Waals surface area contributed by atoms with Gasteiger partial charge in [0.15, 0.2) is 0 Å². The zero-order valence-electron chi connectivity index (χ0n) is 19.8. The summed E-state index contributed by atoms with van der Waals surface area (Å²) >= 11 is 0. The molecule has 1 fully saturated rings. The lowest BCUT2D eigenvalue weighted by Gasteiger charge is -2.33. The van der Waals surface area contributed by atoms with Gasteiger partial charge in [0.2, 0.25) is 16.0 Å². The maximum atomic E-state index is 15.2. The van der Waals surface area contributed by atoms with E-state index in [2.05, 4.69) is 31.1 Å². The molecular formula is C26H28FN5O2S. The van der Waals surface area contributed by atoms with Gasteiger partial charge in [-0.25, -0.2) is 22.8 Å². The number of benzene rings is 2. The Morgan fingerprint density at radius 2 is 1.74 bits per heavy atom. The zero-order valence-corrected chi connectivity index (χ0v) is 20.6. The molecule has 0 amide bonds. The lowest BCUT2D eigenvalue weighted by molar-refractivity contribution is 0.402. The van der Waals surface area contributed by atoms with Crippen LogP contribution in [0.1, 0.15) is 31.4 Å². The predicted octanol–water partition coefficient (Wildman–Crippen LogP) is 5.01. The van der Waals surface area contributed by atoms with Crippen LogP contribution < -0.4 is 9.62 Å². The summed E-state index contributed by atoms with van der Waals surface area (Å²) in [4.78, 5) is 11.2. The Kier molecular flexibility index (Phi) is 6.19. The van der Waals surface area contributed by atoms with Crippen molar-refractivity contribution in [1.29, 1.82) is 0 Å². The molecule has 5 rings (SSSR count). The maximum absolute atomic E-state index is 15.2. The molecule has 1 N–H and O–H groups in total. The van der Waals surface area contributed by atoms with Crippen LogP contribution in [0.2, 0.25) is 0 Å². The molecule has 3 heterocycles. The Morgan fingerprint density at radius 3 is 2.37 bits per heavy atom. The summed E-state index contributed by atoms with van der Waals surface area (Å²) in [5, 5.41) is 0.973. The van der Waals surface area contributed by atoms with E-state index in [9.17, 15) is 8.42 Å². The van der Waals surface area contributed by atoms with Gasteiger partial charge in [0, 0.05) is 54.4 Å². The van der Waals surface area contributed by atoms with E-state index in [1.807, 2.05) is 30.7 Å². The number of nitrogens with one attached hydrogen (secondary N) is 1. The summed E-state index contributed by atoms with van der Waals surface area (Å²) in [5.41, 5.74) is 3.64. The number of aryl methyl sites for hydroxylation is 1. The third-order valence-corrected chi connectivity index (χ3v) is 7.16. The Hall–Kier alpha value is -3.46. The molecule has 1 saturated heterocycles. The fourth-order valence-electron chi connectivity index (χ4n) is 4.69. The van der Waals surface area contributed by atoms with Crippen LogP contribution in [-0.2, 0) is 16.4 Å². The molecule has 9 heteroatoms. The predicted molar refractivity (Wildman–Crippen MR) is 138 cm³/mol. The van der Waals surface area contributed by atoms with Crippen molar-refractivity contribution >= 4 is 32.6 Å². The van der Waals surface area contributed by atoms with Gasteiger partial charge in [-0.3, -0.25) is 4.72 Å². The summed E-state index contributed by atoms with van der Waals surface area (Å²) in [6.45, 7) is 3.79. The molecule has 2 aromatic carbocycles. The zero-order chi connectivity index (χ0) is 24.6. The summed E-state index contributed by atoms with van der Waals surface area (Å²) in [7, 11) is -3.36. The van der Waals surface area contributed by atoms with Crippen LogP contribution in [0.3, 0.4) is 0 Å². The first-order chi connectivity index (χ1) is 16.8. The molecular weight excluding hydrogens is 465 g/mol. The van der Waals surface area contributed by atoms with Gasteiger partial charge < -0.3 is 9.47 Å². The van der Waals surface area contributed by atoms with E-state index in [4.69, 9.17) is 0 Å². The van der Waals surface area contributed by atoms with Gasteiger partial charge in [0.25, 0.3) is 0 Å². The van der Waals surface area contributed by atoms with Gasteiger partial charge in [0.05, 0.1) is 11.8 Å². The smallest absolute Gasteiger partial charge is 0.229 e. The summed E-state index contributed by atoms with van der Waals surface area (Å²) in [6.07, 6.45) is 9.71. The van der Waals surface area contributed by atoms with Gasteiger partial charge in [-0.2, -0.15) is 0 Å². The summed E-state index contributed by atoms with van der Waals surface area (Å²) in [6, 6.07) is 12.5. The highest BCUT2D eigenvalue weighted by Gasteiger charge is 2.23. The molecule has 0 spiro atoms. The molecule has 4 aromatic rings. The number of hydrogen-bond donors (Lipinski definition) is 1. The standard InChI is InChI=1S/C26H28FN5O2S/c1-3-18-16-28-26(29-17-18)31-11-9-22(10-12-31)32-13-8-20-14-23(24(27)15-25(20)32)19-4-6-21(7-5-19)30-35(2,33)34/h4-8,13-17,22,30H,3,9-12H2,1-2H3. The van der Waals surface area contributed by atoms with E-state index in [1.165, 1.54) is 0 Å².